The van der Waals surface area contributed by atoms with E-state index in [2.05, 4.69) is 22.9 Å². The second-order valence-corrected chi connectivity index (χ2v) is 7.84. The molecule has 0 aromatic heterocycles. The first-order valence-electron chi connectivity index (χ1n) is 10.0. The van der Waals surface area contributed by atoms with Crippen LogP contribution < -0.4 is 10.5 Å². The second kappa shape index (κ2) is 12.3. The largest absolute Gasteiger partial charge is 0.492 e. The number of hydrogen-bond donors (Lipinski definition) is 1. The molecule has 2 amide bonds. The summed E-state index contributed by atoms with van der Waals surface area (Å²) in [6.45, 7) is 3.53. The van der Waals surface area contributed by atoms with Crippen molar-refractivity contribution >= 4 is 27.7 Å². The van der Waals surface area contributed by atoms with Crippen LogP contribution in [0.2, 0.25) is 0 Å². The van der Waals surface area contributed by atoms with Crippen LogP contribution >= 0.6 is 15.9 Å². The van der Waals surface area contributed by atoms with E-state index in [1.807, 2.05) is 36.4 Å². The van der Waals surface area contributed by atoms with Crippen LogP contribution in [0.4, 0.5) is 0 Å². The quantitative estimate of drug-likeness (QED) is 0.456. The maximum Gasteiger partial charge on any atom is 0.254 e. The lowest BCUT2D eigenvalue weighted by Gasteiger charge is -2.23. The number of nitrogens with zero attached hydrogens (tertiary/aromatic N) is 1. The Hall–Kier alpha value is -2.34. The van der Waals surface area contributed by atoms with E-state index < -0.39 is 5.91 Å². The number of amides is 2. The zero-order valence-corrected chi connectivity index (χ0v) is 18.5. The lowest BCUT2D eigenvalue weighted by atomic mass is 10.1. The number of ether oxygens (including phenoxy) is 1. The number of rotatable bonds is 12. The van der Waals surface area contributed by atoms with Gasteiger partial charge in [-0.25, -0.2) is 0 Å². The molecule has 0 atom stereocenters. The number of benzene rings is 2. The van der Waals surface area contributed by atoms with Gasteiger partial charge in [-0.05, 0) is 46.1 Å². The molecule has 5 nitrogen and oxygen atoms in total. The van der Waals surface area contributed by atoms with Crippen LogP contribution in [0.25, 0.3) is 0 Å². The van der Waals surface area contributed by atoms with E-state index in [4.69, 9.17) is 10.5 Å². The third kappa shape index (κ3) is 7.89. The summed E-state index contributed by atoms with van der Waals surface area (Å²) in [5, 5.41) is 0. The van der Waals surface area contributed by atoms with Crippen LogP contribution in [0.15, 0.2) is 53.0 Å². The van der Waals surface area contributed by atoms with Gasteiger partial charge >= 0.3 is 0 Å². The molecule has 0 radical (unpaired) electrons. The number of carbonyl (C=O) groups excluding carboxylic acids is 2. The van der Waals surface area contributed by atoms with Gasteiger partial charge in [-0.3, -0.25) is 9.59 Å². The number of primary amides is 1. The van der Waals surface area contributed by atoms with Crippen molar-refractivity contribution in [2.24, 2.45) is 5.73 Å². The first-order chi connectivity index (χ1) is 14.0. The predicted octanol–water partition coefficient (Wildman–Crippen LogP) is 4.93. The van der Waals surface area contributed by atoms with E-state index in [9.17, 15) is 9.59 Å². The van der Waals surface area contributed by atoms with Crippen LogP contribution in [-0.2, 0) is 11.3 Å². The SMILES string of the molecule is CCCCCCOc1ccc(C(=O)N(CCC(N)=O)Cc2ccccc2)cc1Br. The minimum atomic E-state index is -0.427. The highest BCUT2D eigenvalue weighted by Crippen LogP contribution is 2.27. The molecular formula is C23H29BrN2O3. The van der Waals surface area contributed by atoms with E-state index in [0.29, 0.717) is 18.7 Å². The van der Waals surface area contributed by atoms with Gasteiger partial charge in [0.1, 0.15) is 5.75 Å². The molecule has 2 aromatic carbocycles. The van der Waals surface area contributed by atoms with Gasteiger partial charge < -0.3 is 15.4 Å². The number of unbranched alkanes of at least 4 members (excludes halogenated alkanes) is 3. The van der Waals surface area contributed by atoms with Gasteiger partial charge in [0.15, 0.2) is 0 Å². The molecule has 2 rings (SSSR count). The Morgan fingerprint density at radius 1 is 1.07 bits per heavy atom. The van der Waals surface area contributed by atoms with Gasteiger partial charge in [-0.2, -0.15) is 0 Å². The van der Waals surface area contributed by atoms with Crippen LogP contribution in [0.5, 0.6) is 5.75 Å². The summed E-state index contributed by atoms with van der Waals surface area (Å²) in [5.74, 6) is 0.152. The molecule has 0 aliphatic heterocycles. The first kappa shape index (κ1) is 22.9. The average molecular weight is 461 g/mol. The van der Waals surface area contributed by atoms with E-state index >= 15 is 0 Å². The van der Waals surface area contributed by atoms with E-state index in [1.165, 1.54) is 12.8 Å². The van der Waals surface area contributed by atoms with Gasteiger partial charge in [-0.1, -0.05) is 56.5 Å². The summed E-state index contributed by atoms with van der Waals surface area (Å²) in [7, 11) is 0. The molecule has 0 aliphatic rings. The molecule has 2 N–H and O–H groups in total. The monoisotopic (exact) mass is 460 g/mol. The van der Waals surface area contributed by atoms with Crippen molar-refractivity contribution in [2.45, 2.75) is 45.6 Å². The lowest BCUT2D eigenvalue weighted by molar-refractivity contribution is -0.118. The summed E-state index contributed by atoms with van der Waals surface area (Å²) >= 11 is 3.51. The molecule has 0 saturated heterocycles. The van der Waals surface area contributed by atoms with Crippen molar-refractivity contribution in [2.75, 3.05) is 13.2 Å². The molecule has 6 heteroatoms. The van der Waals surface area contributed by atoms with Crippen LogP contribution in [0, 0.1) is 0 Å². The number of halogens is 1. The standard InChI is InChI=1S/C23H29BrN2O3/c1-2-3-4-8-15-29-21-12-11-19(16-20(21)24)23(28)26(14-13-22(25)27)17-18-9-6-5-7-10-18/h5-7,9-12,16H,2-4,8,13-15,17H2,1H3,(H2,25,27). The van der Waals surface area contributed by atoms with Gasteiger partial charge in [0.2, 0.25) is 5.91 Å². The molecular weight excluding hydrogens is 432 g/mol. The molecule has 156 valence electrons. The van der Waals surface area contributed by atoms with E-state index in [-0.39, 0.29) is 18.9 Å². The third-order valence-corrected chi connectivity index (χ3v) is 5.19. The zero-order valence-electron chi connectivity index (χ0n) is 16.9. The van der Waals surface area contributed by atoms with E-state index in [0.717, 1.165) is 28.6 Å². The predicted molar refractivity (Wildman–Crippen MR) is 119 cm³/mol. The van der Waals surface area contributed by atoms with Crippen molar-refractivity contribution in [3.8, 4) is 5.75 Å². The van der Waals surface area contributed by atoms with Crippen molar-refractivity contribution < 1.29 is 14.3 Å². The van der Waals surface area contributed by atoms with Gasteiger partial charge in [0.05, 0.1) is 11.1 Å². The lowest BCUT2D eigenvalue weighted by Crippen LogP contribution is -2.33. The summed E-state index contributed by atoms with van der Waals surface area (Å²) in [6, 6.07) is 15.0. The molecule has 29 heavy (non-hydrogen) atoms. The number of carbonyl (C=O) groups is 2. The highest BCUT2D eigenvalue weighted by atomic mass is 79.9. The Morgan fingerprint density at radius 2 is 1.83 bits per heavy atom. The fraction of sp³-hybridized carbons (Fsp3) is 0.391. The Bertz CT molecular complexity index is 796. The molecule has 2 aromatic rings. The Morgan fingerprint density at radius 3 is 2.48 bits per heavy atom. The summed E-state index contributed by atoms with van der Waals surface area (Å²) in [4.78, 5) is 26.0. The fourth-order valence-corrected chi connectivity index (χ4v) is 3.44. The molecule has 0 unspecified atom stereocenters. The molecule has 0 fully saturated rings. The minimum Gasteiger partial charge on any atom is -0.492 e. The van der Waals surface area contributed by atoms with Crippen molar-refractivity contribution in [3.63, 3.8) is 0 Å². The van der Waals surface area contributed by atoms with Gasteiger partial charge in [0, 0.05) is 25.1 Å². The molecule has 0 spiro atoms. The smallest absolute Gasteiger partial charge is 0.254 e. The molecule has 0 heterocycles. The van der Waals surface area contributed by atoms with Crippen LogP contribution in [0.3, 0.4) is 0 Å². The Labute approximate surface area is 181 Å². The molecule has 0 saturated carbocycles. The summed E-state index contributed by atoms with van der Waals surface area (Å²) < 4.78 is 6.56. The van der Waals surface area contributed by atoms with Crippen molar-refractivity contribution in [3.05, 3.63) is 64.1 Å². The van der Waals surface area contributed by atoms with Crippen molar-refractivity contribution in [1.82, 2.24) is 4.90 Å². The maximum absolute atomic E-state index is 13.1. The first-order valence-corrected chi connectivity index (χ1v) is 10.8. The summed E-state index contributed by atoms with van der Waals surface area (Å²) in [6.07, 6.45) is 4.69. The topological polar surface area (TPSA) is 72.6 Å². The second-order valence-electron chi connectivity index (χ2n) is 6.98. The van der Waals surface area contributed by atoms with Crippen molar-refractivity contribution in [1.29, 1.82) is 0 Å². The fourth-order valence-electron chi connectivity index (χ4n) is 2.95. The highest BCUT2D eigenvalue weighted by molar-refractivity contribution is 9.10. The third-order valence-electron chi connectivity index (χ3n) is 4.57. The Balaban J connectivity index is 2.06. The number of nitrogens with two attached hydrogens (primary N) is 1. The molecule has 0 bridgehead atoms. The zero-order chi connectivity index (χ0) is 21.1. The van der Waals surface area contributed by atoms with E-state index in [1.54, 1.807) is 17.0 Å². The minimum absolute atomic E-state index is 0.124. The average Bonchev–Trinajstić information content (AvgIpc) is 2.72. The summed E-state index contributed by atoms with van der Waals surface area (Å²) in [5.41, 5.74) is 6.83. The normalized spacial score (nSPS) is 10.6. The molecule has 0 aliphatic carbocycles. The van der Waals surface area contributed by atoms with Gasteiger partial charge in [-0.15, -0.1) is 0 Å². The Kier molecular flexibility index (Phi) is 9.71. The van der Waals surface area contributed by atoms with Gasteiger partial charge in [0.25, 0.3) is 5.91 Å². The maximum atomic E-state index is 13.1. The van der Waals surface area contributed by atoms with Crippen LogP contribution in [-0.4, -0.2) is 29.9 Å². The number of hydrogen-bond acceptors (Lipinski definition) is 3. The highest BCUT2D eigenvalue weighted by Gasteiger charge is 2.18. The van der Waals surface area contributed by atoms with Crippen LogP contribution in [0.1, 0.15) is 54.9 Å².